The van der Waals surface area contributed by atoms with Gasteiger partial charge in [-0.15, -0.1) is 10.2 Å². The standard InChI is InChI=1S/C22H19F4N5O/c1-10-29-30-20-21(2,3)28-16-9-14(23)17(19(32-4)18(16)31(10)20)13-7-11(22(24,25)26)8-15-12(13)5-6-27-15/h5-9,27-28H,1-4H3. The summed E-state index contributed by atoms with van der Waals surface area (Å²) >= 11 is 0. The molecule has 0 saturated heterocycles. The van der Waals surface area contributed by atoms with E-state index in [2.05, 4.69) is 20.5 Å². The van der Waals surface area contributed by atoms with E-state index in [1.54, 1.807) is 17.6 Å². The number of anilines is 1. The number of methoxy groups -OCH3 is 1. The molecular weight excluding hydrogens is 426 g/mol. The Hall–Kier alpha value is -3.56. The molecular formula is C22H19F4N5O. The monoisotopic (exact) mass is 445 g/mol. The lowest BCUT2D eigenvalue weighted by atomic mass is 9.93. The maximum atomic E-state index is 15.6. The second-order valence-electron chi connectivity index (χ2n) is 8.28. The molecule has 2 aromatic heterocycles. The highest BCUT2D eigenvalue weighted by atomic mass is 19.4. The number of ether oxygens (including phenoxy) is 1. The first-order valence-corrected chi connectivity index (χ1v) is 9.83. The smallest absolute Gasteiger partial charge is 0.416 e. The van der Waals surface area contributed by atoms with Crippen molar-refractivity contribution in [3.8, 4) is 22.6 Å². The van der Waals surface area contributed by atoms with Crippen molar-refractivity contribution in [2.24, 2.45) is 0 Å². The number of hydrogen-bond acceptors (Lipinski definition) is 4. The highest BCUT2D eigenvalue weighted by molar-refractivity contribution is 5.99. The fourth-order valence-corrected chi connectivity index (χ4v) is 4.35. The summed E-state index contributed by atoms with van der Waals surface area (Å²) in [6.07, 6.45) is -3.08. The van der Waals surface area contributed by atoms with Gasteiger partial charge in [-0.3, -0.25) is 4.57 Å². The van der Waals surface area contributed by atoms with E-state index in [1.165, 1.54) is 19.4 Å². The fraction of sp³-hybridized carbons (Fsp3) is 0.273. The fourth-order valence-electron chi connectivity index (χ4n) is 4.35. The summed E-state index contributed by atoms with van der Waals surface area (Å²) in [5.74, 6) is 0.505. The highest BCUT2D eigenvalue weighted by Crippen LogP contribution is 2.49. The zero-order valence-electron chi connectivity index (χ0n) is 17.6. The lowest BCUT2D eigenvalue weighted by Crippen LogP contribution is -2.36. The molecule has 0 aliphatic carbocycles. The van der Waals surface area contributed by atoms with Crippen LogP contribution in [0.5, 0.6) is 5.75 Å². The third-order valence-electron chi connectivity index (χ3n) is 5.73. The van der Waals surface area contributed by atoms with Crippen LogP contribution in [0.4, 0.5) is 23.2 Å². The highest BCUT2D eigenvalue weighted by Gasteiger charge is 2.38. The van der Waals surface area contributed by atoms with E-state index in [-0.39, 0.29) is 22.4 Å². The van der Waals surface area contributed by atoms with Crippen LogP contribution in [-0.2, 0) is 11.7 Å². The van der Waals surface area contributed by atoms with Gasteiger partial charge in [0, 0.05) is 23.2 Å². The van der Waals surface area contributed by atoms with Crippen molar-refractivity contribution in [2.75, 3.05) is 12.4 Å². The van der Waals surface area contributed by atoms with Crippen molar-refractivity contribution < 1.29 is 22.3 Å². The van der Waals surface area contributed by atoms with Gasteiger partial charge in [-0.25, -0.2) is 4.39 Å². The van der Waals surface area contributed by atoms with Gasteiger partial charge < -0.3 is 15.0 Å². The first-order chi connectivity index (χ1) is 15.0. The number of nitrogens with one attached hydrogen (secondary N) is 2. The van der Waals surface area contributed by atoms with Crippen LogP contribution < -0.4 is 10.1 Å². The van der Waals surface area contributed by atoms with Gasteiger partial charge in [0.1, 0.15) is 17.3 Å². The van der Waals surface area contributed by atoms with Crippen LogP contribution >= 0.6 is 0 Å². The van der Waals surface area contributed by atoms with Gasteiger partial charge in [-0.05, 0) is 44.5 Å². The van der Waals surface area contributed by atoms with Crippen LogP contribution in [0.1, 0.15) is 31.1 Å². The molecule has 32 heavy (non-hydrogen) atoms. The van der Waals surface area contributed by atoms with Crippen LogP contribution in [0.15, 0.2) is 30.5 Å². The molecule has 0 bridgehead atoms. The molecule has 1 aliphatic rings. The SMILES string of the molecule is COc1c(-c2cc(C(F)(F)F)cc3[nH]ccc23)c(F)cc2c1-n1c(C)nnc1C(C)(C)N2. The molecule has 10 heteroatoms. The van der Waals surface area contributed by atoms with Crippen molar-refractivity contribution in [1.82, 2.24) is 19.7 Å². The molecule has 3 heterocycles. The van der Waals surface area contributed by atoms with E-state index in [1.807, 2.05) is 13.8 Å². The summed E-state index contributed by atoms with van der Waals surface area (Å²) in [6.45, 7) is 5.51. The largest absolute Gasteiger partial charge is 0.494 e. The molecule has 0 spiro atoms. The summed E-state index contributed by atoms with van der Waals surface area (Å²) in [4.78, 5) is 2.79. The van der Waals surface area contributed by atoms with Crippen molar-refractivity contribution in [3.63, 3.8) is 0 Å². The number of aromatic amines is 1. The van der Waals surface area contributed by atoms with Crippen molar-refractivity contribution in [2.45, 2.75) is 32.5 Å². The minimum atomic E-state index is -4.60. The minimum Gasteiger partial charge on any atom is -0.494 e. The first-order valence-electron chi connectivity index (χ1n) is 9.83. The molecule has 0 fully saturated rings. The third-order valence-corrected chi connectivity index (χ3v) is 5.73. The normalized spacial score (nSPS) is 14.8. The Labute approximate surface area is 180 Å². The number of benzene rings is 2. The molecule has 5 rings (SSSR count). The first kappa shape index (κ1) is 20.3. The molecule has 0 saturated carbocycles. The molecule has 4 aromatic rings. The number of aryl methyl sites for hydroxylation is 1. The van der Waals surface area contributed by atoms with E-state index in [0.29, 0.717) is 28.4 Å². The Kier molecular flexibility index (Phi) is 4.12. The van der Waals surface area contributed by atoms with Crippen LogP contribution in [0.2, 0.25) is 0 Å². The number of hydrogen-bond donors (Lipinski definition) is 2. The molecule has 1 aliphatic heterocycles. The van der Waals surface area contributed by atoms with Crippen molar-refractivity contribution in [1.29, 1.82) is 0 Å². The zero-order chi connectivity index (χ0) is 23.0. The van der Waals surface area contributed by atoms with Gasteiger partial charge >= 0.3 is 6.18 Å². The van der Waals surface area contributed by atoms with Gasteiger partial charge in [-0.2, -0.15) is 13.2 Å². The van der Waals surface area contributed by atoms with E-state index < -0.39 is 23.1 Å². The number of rotatable bonds is 2. The van der Waals surface area contributed by atoms with E-state index in [9.17, 15) is 13.2 Å². The average molecular weight is 445 g/mol. The maximum absolute atomic E-state index is 15.6. The quantitative estimate of drug-likeness (QED) is 0.397. The molecule has 0 unspecified atom stereocenters. The molecule has 0 radical (unpaired) electrons. The number of H-pyrrole nitrogens is 1. The molecule has 6 nitrogen and oxygen atoms in total. The van der Waals surface area contributed by atoms with Crippen LogP contribution in [0, 0.1) is 12.7 Å². The van der Waals surface area contributed by atoms with E-state index in [4.69, 9.17) is 4.74 Å². The van der Waals surface area contributed by atoms with Crippen molar-refractivity contribution >= 4 is 16.6 Å². The van der Waals surface area contributed by atoms with Crippen LogP contribution in [0.3, 0.4) is 0 Å². The summed E-state index contributed by atoms with van der Waals surface area (Å²) in [5.41, 5.74) is -0.413. The summed E-state index contributed by atoms with van der Waals surface area (Å²) < 4.78 is 63.7. The summed E-state index contributed by atoms with van der Waals surface area (Å²) in [6, 6.07) is 4.84. The molecule has 2 N–H and O–H groups in total. The average Bonchev–Trinajstić information content (AvgIpc) is 3.32. The van der Waals surface area contributed by atoms with Gasteiger partial charge in [0.25, 0.3) is 0 Å². The van der Waals surface area contributed by atoms with E-state index >= 15 is 4.39 Å². The number of alkyl halides is 3. The lowest BCUT2D eigenvalue weighted by molar-refractivity contribution is -0.137. The number of aromatic nitrogens is 4. The second-order valence-corrected chi connectivity index (χ2v) is 8.28. The third kappa shape index (κ3) is 2.78. The summed E-state index contributed by atoms with van der Waals surface area (Å²) in [5, 5.41) is 12.1. The minimum absolute atomic E-state index is 0.0671. The Morgan fingerprint density at radius 2 is 1.88 bits per heavy atom. The number of halogens is 4. The Bertz CT molecular complexity index is 1380. The van der Waals surface area contributed by atoms with Gasteiger partial charge in [0.2, 0.25) is 0 Å². The molecule has 2 aromatic carbocycles. The number of nitrogens with zero attached hydrogens (tertiary/aromatic N) is 3. The second kappa shape index (κ2) is 6.47. The number of fused-ring (bicyclic) bond motifs is 4. The Morgan fingerprint density at radius 1 is 1.12 bits per heavy atom. The van der Waals surface area contributed by atoms with Gasteiger partial charge in [-0.1, -0.05) is 0 Å². The maximum Gasteiger partial charge on any atom is 0.416 e. The topological polar surface area (TPSA) is 67.8 Å². The predicted octanol–water partition coefficient (Wildman–Crippen LogP) is 5.55. The van der Waals surface area contributed by atoms with Gasteiger partial charge in [0.05, 0.1) is 29.5 Å². The summed E-state index contributed by atoms with van der Waals surface area (Å²) in [7, 11) is 1.36. The Morgan fingerprint density at radius 3 is 2.56 bits per heavy atom. The molecule has 0 atom stereocenters. The van der Waals surface area contributed by atoms with Crippen LogP contribution in [0.25, 0.3) is 27.7 Å². The lowest BCUT2D eigenvalue weighted by Gasteiger charge is -2.35. The molecule has 166 valence electrons. The van der Waals surface area contributed by atoms with E-state index in [0.717, 1.165) is 12.1 Å². The Balaban J connectivity index is 1.89. The predicted molar refractivity (Wildman–Crippen MR) is 112 cm³/mol. The van der Waals surface area contributed by atoms with Crippen molar-refractivity contribution in [3.05, 3.63) is 53.5 Å². The van der Waals surface area contributed by atoms with Crippen LogP contribution in [-0.4, -0.2) is 26.9 Å². The zero-order valence-corrected chi connectivity index (χ0v) is 17.6. The van der Waals surface area contributed by atoms with Gasteiger partial charge in [0.15, 0.2) is 11.6 Å². The molecule has 0 amide bonds.